The third-order valence-electron chi connectivity index (χ3n) is 12.5. The molecule has 16 unspecified atom stereocenters. The Balaban J connectivity index is 1.36. The molecule has 16 heteroatoms. The van der Waals surface area contributed by atoms with Crippen LogP contribution in [0.15, 0.2) is 0 Å². The maximum atomic E-state index is 14.5. The fourth-order valence-corrected chi connectivity index (χ4v) is 9.64. The second-order valence-electron chi connectivity index (χ2n) is 15.2. The first-order valence-corrected chi connectivity index (χ1v) is 18.2. The van der Waals surface area contributed by atoms with Crippen molar-refractivity contribution in [2.45, 2.75) is 112 Å². The number of fused-ring (bicyclic) bond motifs is 2. The molecule has 2 aliphatic heterocycles. The predicted octanol–water partition coefficient (Wildman–Crippen LogP) is -5.40. The van der Waals surface area contributed by atoms with Crippen LogP contribution < -0.4 is 27.1 Å². The number of carbonyl (C=O) groups is 3. The second kappa shape index (κ2) is 16.7. The number of hydrogen-bond acceptors (Lipinski definition) is 12. The number of carbonyl (C=O) groups excluding carboxylic acids is 3. The van der Waals surface area contributed by atoms with Crippen molar-refractivity contribution in [3.05, 3.63) is 0 Å². The molecule has 5 fully saturated rings. The van der Waals surface area contributed by atoms with E-state index in [1.54, 1.807) is 7.05 Å². The molecule has 284 valence electrons. The lowest BCUT2D eigenvalue weighted by atomic mass is 9.53. The quantitative estimate of drug-likeness (QED) is 0.0514. The van der Waals surface area contributed by atoms with Crippen molar-refractivity contribution in [2.75, 3.05) is 33.9 Å². The number of ketones is 2. The van der Waals surface area contributed by atoms with Gasteiger partial charge in [-0.05, 0) is 50.4 Å². The Morgan fingerprint density at radius 1 is 1.10 bits per heavy atom. The van der Waals surface area contributed by atoms with E-state index in [4.69, 9.17) is 25.7 Å². The molecule has 5 aliphatic rings. The molecule has 2 heterocycles. The van der Waals surface area contributed by atoms with Gasteiger partial charge in [0.25, 0.3) is 0 Å². The number of methoxy groups -OCH3 is 1. The number of piperidine rings is 1. The van der Waals surface area contributed by atoms with Gasteiger partial charge in [0.2, 0.25) is 0 Å². The van der Waals surface area contributed by atoms with Crippen molar-refractivity contribution < 1.29 is 64.4 Å². The van der Waals surface area contributed by atoms with E-state index >= 15 is 0 Å². The number of aliphatic hydroxyl groups excluding tert-OH is 4. The Hall–Kier alpha value is -2.12. The number of aldehydes is 1. The van der Waals surface area contributed by atoms with Crippen LogP contribution in [-0.4, -0.2) is 138 Å². The molecule has 3 aliphatic carbocycles. The van der Waals surface area contributed by atoms with Gasteiger partial charge in [-0.25, -0.2) is 0 Å². The van der Waals surface area contributed by atoms with E-state index in [9.17, 15) is 39.9 Å². The summed E-state index contributed by atoms with van der Waals surface area (Å²) in [4.78, 5) is 42.8. The van der Waals surface area contributed by atoms with Gasteiger partial charge < -0.3 is 49.9 Å². The number of Topliss-reactive ketones (excluding diaryl/α,β-unsaturated/α-hetero) is 2. The summed E-state index contributed by atoms with van der Waals surface area (Å²) >= 11 is 0. The monoisotopic (exact) mass is 713 g/mol. The summed E-state index contributed by atoms with van der Waals surface area (Å²) in [6.07, 6.45) is -4.62. The first kappa shape index (κ1) is 39.1. The Bertz CT molecular complexity index is 1220. The normalized spacial score (nSPS) is 45.4. The molecule has 0 radical (unpaired) electrons. The molecule has 16 atom stereocenters. The summed E-state index contributed by atoms with van der Waals surface area (Å²) in [6.45, 7) is 0.400. The molecule has 5 rings (SSSR count). The Morgan fingerprint density at radius 2 is 1.84 bits per heavy atom. The van der Waals surface area contributed by atoms with Gasteiger partial charge in [0.05, 0.1) is 56.9 Å². The number of ether oxygens (including phenoxy) is 3. The Kier molecular flexibility index (Phi) is 13.1. The van der Waals surface area contributed by atoms with E-state index in [2.05, 4.69) is 15.6 Å². The van der Waals surface area contributed by atoms with Crippen molar-refractivity contribution in [3.63, 3.8) is 0 Å². The van der Waals surface area contributed by atoms with E-state index in [0.717, 1.165) is 25.7 Å². The Labute approximate surface area is 292 Å². The molecule has 16 nitrogen and oxygen atoms in total. The first-order chi connectivity index (χ1) is 23.9. The van der Waals surface area contributed by atoms with E-state index in [1.807, 2.05) is 0 Å². The van der Waals surface area contributed by atoms with E-state index < -0.39 is 84.7 Å². The maximum absolute atomic E-state index is 14.5. The van der Waals surface area contributed by atoms with Crippen LogP contribution in [0.4, 0.5) is 0 Å². The van der Waals surface area contributed by atoms with Gasteiger partial charge in [0.1, 0.15) is 47.9 Å². The highest BCUT2D eigenvalue weighted by molar-refractivity contribution is 6.00. The number of aliphatic hydroxyl groups is 5. The zero-order chi connectivity index (χ0) is 36.3. The van der Waals surface area contributed by atoms with Crippen LogP contribution in [0.25, 0.3) is 0 Å². The van der Waals surface area contributed by atoms with Gasteiger partial charge in [-0.15, -0.1) is 0 Å². The topological polar surface area (TPSA) is 275 Å². The van der Waals surface area contributed by atoms with Gasteiger partial charge in [0, 0.05) is 44.1 Å². The van der Waals surface area contributed by atoms with Gasteiger partial charge >= 0.3 is 5.96 Å². The van der Waals surface area contributed by atoms with E-state index in [1.165, 1.54) is 7.11 Å². The van der Waals surface area contributed by atoms with Crippen LogP contribution in [0.1, 0.15) is 57.8 Å². The molecular weight excluding hydrogens is 654 g/mol. The summed E-state index contributed by atoms with van der Waals surface area (Å²) in [5, 5.41) is 61.3. The number of hydrogen-bond donors (Lipinski definition) is 10. The predicted molar refractivity (Wildman–Crippen MR) is 175 cm³/mol. The zero-order valence-corrected chi connectivity index (χ0v) is 29.1. The van der Waals surface area contributed by atoms with Crippen LogP contribution in [-0.2, 0) is 28.6 Å². The fourth-order valence-electron chi connectivity index (χ4n) is 9.64. The van der Waals surface area contributed by atoms with Crippen molar-refractivity contribution in [3.8, 4) is 0 Å². The van der Waals surface area contributed by atoms with Crippen LogP contribution in [0.2, 0.25) is 0 Å². The number of nitrogens with two attached hydrogens (primary N) is 3. The SMILES string of the molecule is C[NH+]=C(N)NCC1C(CCC=O)CC2C(=O)C3CC(OC)CC(OC4OC(CO)C(O)(CCC5CC[NH2+]C(N)C5)C(O)C4O)C3C(=O)C2C1O. The van der Waals surface area contributed by atoms with E-state index in [-0.39, 0.29) is 67.8 Å². The van der Waals surface area contributed by atoms with Gasteiger partial charge in [-0.3, -0.25) is 31.4 Å². The molecule has 0 aromatic rings. The third-order valence-corrected chi connectivity index (χ3v) is 12.5. The number of nitrogens with one attached hydrogen (secondary N) is 2. The number of guanidine groups is 1. The molecule has 2 saturated heterocycles. The van der Waals surface area contributed by atoms with Gasteiger partial charge in [-0.1, -0.05) is 0 Å². The minimum Gasteiger partial charge on any atom is -0.394 e. The van der Waals surface area contributed by atoms with Crippen LogP contribution in [0.5, 0.6) is 0 Å². The molecular formula is C34H59N5O11+2. The van der Waals surface area contributed by atoms with Crippen LogP contribution in [0, 0.1) is 41.4 Å². The van der Waals surface area contributed by atoms with Crippen molar-refractivity contribution >= 4 is 23.8 Å². The molecule has 0 bridgehead atoms. The maximum Gasteiger partial charge on any atom is 0.340 e. The molecule has 0 amide bonds. The minimum absolute atomic E-state index is 0.0512. The third kappa shape index (κ3) is 7.80. The van der Waals surface area contributed by atoms with Crippen molar-refractivity contribution in [1.82, 2.24) is 5.32 Å². The standard InChI is InChI=1S/C34H57N5O11/c1-37-33(36)39-14-21-17(4-3-9-40)11-19-26(28(21)43)29(44)25-20(27(19)42)12-18(48-2)13-22(25)49-32-30(45)31(46)34(47,23(15-41)50-32)7-5-16-6-8-38-24(35)10-16/h9,16-26,28,30-32,38,41,43,45-47H,3-8,10-15,35H2,1-2H3,(H3,36,37,39)/p+2. The lowest BCUT2D eigenvalue weighted by molar-refractivity contribution is -0.699. The zero-order valence-electron chi connectivity index (χ0n) is 29.1. The molecule has 50 heavy (non-hydrogen) atoms. The average molecular weight is 714 g/mol. The molecule has 0 aromatic heterocycles. The molecule has 0 spiro atoms. The molecule has 13 N–H and O–H groups in total. The number of rotatable bonds is 12. The van der Waals surface area contributed by atoms with Crippen LogP contribution >= 0.6 is 0 Å². The average Bonchev–Trinajstić information content (AvgIpc) is 3.11. The van der Waals surface area contributed by atoms with Gasteiger partial charge in [0.15, 0.2) is 6.29 Å². The first-order valence-electron chi connectivity index (χ1n) is 18.2. The largest absolute Gasteiger partial charge is 0.394 e. The highest BCUT2D eigenvalue weighted by atomic mass is 16.7. The molecule has 3 saturated carbocycles. The van der Waals surface area contributed by atoms with Crippen LogP contribution in [0.3, 0.4) is 0 Å². The number of quaternary nitrogens is 1. The lowest BCUT2D eigenvalue weighted by Gasteiger charge is -2.53. The Morgan fingerprint density at radius 3 is 2.50 bits per heavy atom. The van der Waals surface area contributed by atoms with Gasteiger partial charge in [-0.2, -0.15) is 0 Å². The summed E-state index contributed by atoms with van der Waals surface area (Å²) in [5.74, 6) is -4.28. The summed E-state index contributed by atoms with van der Waals surface area (Å²) in [7, 11) is 3.14. The van der Waals surface area contributed by atoms with Crippen molar-refractivity contribution in [2.24, 2.45) is 52.9 Å². The minimum atomic E-state index is -1.98. The van der Waals surface area contributed by atoms with E-state index in [0.29, 0.717) is 19.3 Å². The molecule has 0 aromatic carbocycles. The summed E-state index contributed by atoms with van der Waals surface area (Å²) < 4.78 is 17.9. The highest BCUT2D eigenvalue weighted by Gasteiger charge is 2.62. The fraction of sp³-hybridized carbons (Fsp3) is 0.882. The summed E-state index contributed by atoms with van der Waals surface area (Å²) in [6, 6.07) is 0. The second-order valence-corrected chi connectivity index (χ2v) is 15.2. The highest BCUT2D eigenvalue weighted by Crippen LogP contribution is 2.51. The lowest BCUT2D eigenvalue weighted by Crippen LogP contribution is -2.94. The summed E-state index contributed by atoms with van der Waals surface area (Å²) in [5.41, 5.74) is 10.0. The van der Waals surface area contributed by atoms with Crippen molar-refractivity contribution in [1.29, 1.82) is 0 Å². The smallest absolute Gasteiger partial charge is 0.340 e.